The van der Waals surface area contributed by atoms with Crippen LogP contribution in [-0.2, 0) is 26.6 Å². The Morgan fingerprint density at radius 2 is 1.84 bits per heavy atom. The van der Waals surface area contributed by atoms with Crippen molar-refractivity contribution in [3.63, 3.8) is 0 Å². The Balaban J connectivity index is 1.89. The highest BCUT2D eigenvalue weighted by molar-refractivity contribution is 7.89. The molecule has 2 heterocycles. The molecule has 1 N–H and O–H groups in total. The molecule has 1 aliphatic heterocycles. The van der Waals surface area contributed by atoms with Crippen molar-refractivity contribution in [2.45, 2.75) is 38.5 Å². The first-order valence-electron chi connectivity index (χ1n) is 10.4. The van der Waals surface area contributed by atoms with E-state index < -0.39 is 21.9 Å². The summed E-state index contributed by atoms with van der Waals surface area (Å²) in [4.78, 5) is 25.3. The SMILES string of the molecule is CCOC(=O)c1c(S(=O)(=O)N2CCC[C@@H](C(=O)Nc3ccccc3)C2)c(C)n(C)c1C. The number of carbonyl (C=O) groups excluding carboxylic acids is 2. The normalized spacial score (nSPS) is 17.4. The van der Waals surface area contributed by atoms with E-state index in [1.165, 1.54) is 4.31 Å². The molecule has 8 nitrogen and oxygen atoms in total. The second-order valence-electron chi connectivity index (χ2n) is 7.71. The van der Waals surface area contributed by atoms with Crippen LogP contribution < -0.4 is 5.32 Å². The summed E-state index contributed by atoms with van der Waals surface area (Å²) in [5, 5.41) is 2.86. The fourth-order valence-corrected chi connectivity index (χ4v) is 5.95. The van der Waals surface area contributed by atoms with Gasteiger partial charge in [0.2, 0.25) is 15.9 Å². The first-order chi connectivity index (χ1) is 14.7. The molecule has 1 fully saturated rings. The molecule has 1 saturated heterocycles. The lowest BCUT2D eigenvalue weighted by Crippen LogP contribution is -2.44. The zero-order chi connectivity index (χ0) is 22.8. The number of aromatic nitrogens is 1. The second-order valence-corrected chi connectivity index (χ2v) is 9.59. The number of ether oxygens (including phenoxy) is 1. The maximum Gasteiger partial charge on any atom is 0.341 e. The monoisotopic (exact) mass is 447 g/mol. The minimum atomic E-state index is -4.00. The van der Waals surface area contributed by atoms with Crippen molar-refractivity contribution in [3.8, 4) is 0 Å². The Labute approximate surface area is 183 Å². The van der Waals surface area contributed by atoms with E-state index in [1.807, 2.05) is 18.2 Å². The van der Waals surface area contributed by atoms with E-state index >= 15 is 0 Å². The highest BCUT2D eigenvalue weighted by Gasteiger charge is 2.39. The maximum atomic E-state index is 13.6. The molecule has 2 aromatic rings. The van der Waals surface area contributed by atoms with E-state index in [0.29, 0.717) is 36.5 Å². The number of hydrogen-bond acceptors (Lipinski definition) is 5. The summed E-state index contributed by atoms with van der Waals surface area (Å²) < 4.78 is 35.3. The molecule has 1 aliphatic rings. The van der Waals surface area contributed by atoms with Gasteiger partial charge in [-0.2, -0.15) is 4.31 Å². The van der Waals surface area contributed by atoms with Gasteiger partial charge in [0.25, 0.3) is 0 Å². The van der Waals surface area contributed by atoms with E-state index in [2.05, 4.69) is 5.32 Å². The third-order valence-electron chi connectivity index (χ3n) is 5.80. The largest absolute Gasteiger partial charge is 0.462 e. The van der Waals surface area contributed by atoms with Crippen LogP contribution in [0.15, 0.2) is 35.2 Å². The number of benzene rings is 1. The van der Waals surface area contributed by atoms with Crippen molar-refractivity contribution in [1.82, 2.24) is 8.87 Å². The molecule has 31 heavy (non-hydrogen) atoms. The number of hydrogen-bond donors (Lipinski definition) is 1. The second kappa shape index (κ2) is 9.23. The van der Waals surface area contributed by atoms with E-state index in [9.17, 15) is 18.0 Å². The molecule has 3 rings (SSSR count). The lowest BCUT2D eigenvalue weighted by Gasteiger charge is -2.31. The molecule has 0 unspecified atom stereocenters. The number of esters is 1. The van der Waals surface area contributed by atoms with Gasteiger partial charge in [-0.25, -0.2) is 13.2 Å². The van der Waals surface area contributed by atoms with Crippen LogP contribution in [-0.4, -0.2) is 48.9 Å². The molecule has 9 heteroatoms. The van der Waals surface area contributed by atoms with Crippen LogP contribution >= 0.6 is 0 Å². The Kier molecular flexibility index (Phi) is 6.86. The quantitative estimate of drug-likeness (QED) is 0.687. The van der Waals surface area contributed by atoms with Crippen molar-refractivity contribution < 1.29 is 22.7 Å². The Morgan fingerprint density at radius 3 is 2.48 bits per heavy atom. The van der Waals surface area contributed by atoms with Gasteiger partial charge in [0.1, 0.15) is 10.5 Å². The van der Waals surface area contributed by atoms with Gasteiger partial charge in [0, 0.05) is 37.2 Å². The summed E-state index contributed by atoms with van der Waals surface area (Å²) in [7, 11) is -2.28. The van der Waals surface area contributed by atoms with Crippen molar-refractivity contribution in [3.05, 3.63) is 47.3 Å². The summed E-state index contributed by atoms with van der Waals surface area (Å²) in [6.45, 7) is 5.56. The molecule has 0 radical (unpaired) electrons. The molecule has 1 atom stereocenters. The predicted octanol–water partition coefficient (Wildman–Crippen LogP) is 2.86. The first kappa shape index (κ1) is 23.0. The third kappa shape index (κ3) is 4.52. The maximum absolute atomic E-state index is 13.6. The van der Waals surface area contributed by atoms with Crippen LogP contribution in [0.2, 0.25) is 0 Å². The Bertz CT molecular complexity index is 1080. The average molecular weight is 448 g/mol. The Morgan fingerprint density at radius 1 is 1.16 bits per heavy atom. The van der Waals surface area contributed by atoms with Gasteiger partial charge in [0.05, 0.1) is 12.5 Å². The highest BCUT2D eigenvalue weighted by Crippen LogP contribution is 2.32. The molecule has 1 aromatic carbocycles. The zero-order valence-corrected chi connectivity index (χ0v) is 19.2. The van der Waals surface area contributed by atoms with E-state index in [0.717, 1.165) is 0 Å². The number of sulfonamides is 1. The van der Waals surface area contributed by atoms with Crippen LogP contribution in [0, 0.1) is 19.8 Å². The minimum Gasteiger partial charge on any atom is -0.462 e. The average Bonchev–Trinajstić information content (AvgIpc) is 2.99. The topological polar surface area (TPSA) is 97.7 Å². The van der Waals surface area contributed by atoms with Crippen molar-refractivity contribution in [2.75, 3.05) is 25.0 Å². The van der Waals surface area contributed by atoms with E-state index in [1.54, 1.807) is 44.5 Å². The van der Waals surface area contributed by atoms with Crippen molar-refractivity contribution in [1.29, 1.82) is 0 Å². The number of carbonyl (C=O) groups is 2. The molecule has 0 aliphatic carbocycles. The minimum absolute atomic E-state index is 0.0323. The van der Waals surface area contributed by atoms with E-state index in [4.69, 9.17) is 4.74 Å². The van der Waals surface area contributed by atoms with Gasteiger partial charge in [0.15, 0.2) is 0 Å². The zero-order valence-electron chi connectivity index (χ0n) is 18.3. The lowest BCUT2D eigenvalue weighted by molar-refractivity contribution is -0.120. The molecule has 1 amide bonds. The molecule has 0 spiro atoms. The van der Waals surface area contributed by atoms with E-state index in [-0.39, 0.29) is 29.5 Å². The fourth-order valence-electron chi connectivity index (χ4n) is 3.95. The smallest absolute Gasteiger partial charge is 0.341 e. The number of rotatable bonds is 6. The Hall–Kier alpha value is -2.65. The van der Waals surface area contributed by atoms with Gasteiger partial charge in [-0.3, -0.25) is 4.79 Å². The van der Waals surface area contributed by atoms with Gasteiger partial charge in [-0.1, -0.05) is 18.2 Å². The number of nitrogens with zero attached hydrogens (tertiary/aromatic N) is 2. The standard InChI is InChI=1S/C22H29N3O5S/c1-5-30-22(27)19-15(2)24(4)16(3)20(19)31(28,29)25-13-9-10-17(14-25)21(26)23-18-11-7-6-8-12-18/h6-8,11-12,17H,5,9-10,13-14H2,1-4H3,(H,23,26)/t17-/m1/s1. The molecule has 1 aromatic heterocycles. The van der Waals surface area contributed by atoms with Gasteiger partial charge in [-0.05, 0) is 45.7 Å². The van der Waals surface area contributed by atoms with Gasteiger partial charge in [-0.15, -0.1) is 0 Å². The summed E-state index contributed by atoms with van der Waals surface area (Å²) in [6.07, 6.45) is 1.16. The van der Waals surface area contributed by atoms with Crippen LogP contribution in [0.3, 0.4) is 0 Å². The van der Waals surface area contributed by atoms with Gasteiger partial charge < -0.3 is 14.6 Å². The molecule has 0 saturated carbocycles. The van der Waals surface area contributed by atoms with Crippen molar-refractivity contribution in [2.24, 2.45) is 13.0 Å². The number of nitrogens with one attached hydrogen (secondary N) is 1. The number of amides is 1. The summed E-state index contributed by atoms with van der Waals surface area (Å²) in [5.74, 6) is -1.34. The molecular weight excluding hydrogens is 418 g/mol. The van der Waals surface area contributed by atoms with Crippen molar-refractivity contribution >= 4 is 27.6 Å². The highest BCUT2D eigenvalue weighted by atomic mass is 32.2. The predicted molar refractivity (Wildman–Crippen MR) is 117 cm³/mol. The molecule has 0 bridgehead atoms. The first-order valence-corrected chi connectivity index (χ1v) is 11.8. The lowest BCUT2D eigenvalue weighted by atomic mass is 9.99. The number of anilines is 1. The summed E-state index contributed by atoms with van der Waals surface area (Å²) in [6, 6.07) is 9.08. The molecule has 168 valence electrons. The summed E-state index contributed by atoms with van der Waals surface area (Å²) >= 11 is 0. The molecular formula is C22H29N3O5S. The number of piperidine rings is 1. The van der Waals surface area contributed by atoms with Crippen LogP contribution in [0.4, 0.5) is 5.69 Å². The van der Waals surface area contributed by atoms with Crippen LogP contribution in [0.25, 0.3) is 0 Å². The van der Waals surface area contributed by atoms with Crippen LogP contribution in [0.1, 0.15) is 41.5 Å². The number of para-hydroxylation sites is 1. The summed E-state index contributed by atoms with van der Waals surface area (Å²) in [5.41, 5.74) is 1.74. The third-order valence-corrected chi connectivity index (χ3v) is 7.82. The fraction of sp³-hybridized carbons (Fsp3) is 0.455. The van der Waals surface area contributed by atoms with Crippen LogP contribution in [0.5, 0.6) is 0 Å². The van der Waals surface area contributed by atoms with Gasteiger partial charge >= 0.3 is 5.97 Å².